The molecule has 0 radical (unpaired) electrons. The Kier molecular flexibility index (Phi) is 4.70. The van der Waals surface area contributed by atoms with E-state index in [0.29, 0.717) is 18.1 Å². The number of anilines is 1. The molecule has 1 unspecified atom stereocenters. The van der Waals surface area contributed by atoms with Crippen LogP contribution in [0.5, 0.6) is 0 Å². The van der Waals surface area contributed by atoms with Gasteiger partial charge in [-0.05, 0) is 12.1 Å². The molecule has 1 atom stereocenters. The molecule has 0 saturated carbocycles. The molecule has 0 aliphatic carbocycles. The van der Waals surface area contributed by atoms with Crippen LogP contribution < -0.4 is 5.32 Å². The van der Waals surface area contributed by atoms with Gasteiger partial charge in [-0.2, -0.15) is 0 Å². The Labute approximate surface area is 100 Å². The molecule has 1 rings (SSSR count). The summed E-state index contributed by atoms with van der Waals surface area (Å²) in [5, 5.41) is 11.7. The number of halogens is 1. The second-order valence-electron chi connectivity index (χ2n) is 3.04. The number of pyridine rings is 1. The third-order valence-corrected chi connectivity index (χ3v) is 2.83. The molecular weight excluding hydrogens is 252 g/mol. The zero-order valence-corrected chi connectivity index (χ0v) is 10.1. The van der Waals surface area contributed by atoms with Gasteiger partial charge in [0.15, 0.2) is 5.69 Å². The van der Waals surface area contributed by atoms with Crippen molar-refractivity contribution in [3.8, 4) is 0 Å². The lowest BCUT2D eigenvalue weighted by Crippen LogP contribution is -2.12. The SMILES string of the molecule is CS(=O)CCNc1ccc(Cl)c(C(=O)O)n1. The van der Waals surface area contributed by atoms with Crippen LogP contribution in [0, 0.1) is 0 Å². The molecule has 7 heteroatoms. The van der Waals surface area contributed by atoms with Crippen molar-refractivity contribution in [2.45, 2.75) is 0 Å². The maximum Gasteiger partial charge on any atom is 0.356 e. The molecule has 0 fully saturated rings. The first-order valence-corrected chi connectivity index (χ1v) is 6.55. The van der Waals surface area contributed by atoms with Gasteiger partial charge in [-0.15, -0.1) is 0 Å². The van der Waals surface area contributed by atoms with Crippen molar-refractivity contribution in [3.63, 3.8) is 0 Å². The molecule has 16 heavy (non-hydrogen) atoms. The third kappa shape index (κ3) is 3.79. The molecule has 0 aromatic carbocycles. The summed E-state index contributed by atoms with van der Waals surface area (Å²) in [6, 6.07) is 3.04. The Morgan fingerprint density at radius 2 is 2.31 bits per heavy atom. The Hall–Kier alpha value is -1.14. The van der Waals surface area contributed by atoms with Crippen LogP contribution in [0.4, 0.5) is 5.82 Å². The fourth-order valence-electron chi connectivity index (χ4n) is 1.01. The monoisotopic (exact) mass is 262 g/mol. The van der Waals surface area contributed by atoms with Crippen LogP contribution in [0.2, 0.25) is 5.02 Å². The Morgan fingerprint density at radius 1 is 1.62 bits per heavy atom. The smallest absolute Gasteiger partial charge is 0.356 e. The van der Waals surface area contributed by atoms with Crippen LogP contribution in [-0.4, -0.2) is 38.8 Å². The minimum Gasteiger partial charge on any atom is -0.476 e. The molecule has 0 amide bonds. The van der Waals surface area contributed by atoms with Gasteiger partial charge in [-0.25, -0.2) is 9.78 Å². The highest BCUT2D eigenvalue weighted by molar-refractivity contribution is 7.84. The van der Waals surface area contributed by atoms with E-state index in [1.165, 1.54) is 6.07 Å². The van der Waals surface area contributed by atoms with Crippen LogP contribution in [0.3, 0.4) is 0 Å². The van der Waals surface area contributed by atoms with Gasteiger partial charge in [0.25, 0.3) is 0 Å². The molecule has 5 nitrogen and oxygen atoms in total. The highest BCUT2D eigenvalue weighted by Crippen LogP contribution is 2.16. The number of rotatable bonds is 5. The van der Waals surface area contributed by atoms with E-state index in [9.17, 15) is 9.00 Å². The van der Waals surface area contributed by atoms with E-state index in [-0.39, 0.29) is 10.7 Å². The van der Waals surface area contributed by atoms with E-state index in [1.807, 2.05) is 0 Å². The number of nitrogens with one attached hydrogen (secondary N) is 1. The number of carboxylic acid groups (broad SMARTS) is 1. The number of nitrogens with zero attached hydrogens (tertiary/aromatic N) is 1. The third-order valence-electron chi connectivity index (χ3n) is 1.74. The molecule has 1 aromatic heterocycles. The summed E-state index contributed by atoms with van der Waals surface area (Å²) < 4.78 is 10.8. The molecule has 0 spiro atoms. The topological polar surface area (TPSA) is 79.3 Å². The zero-order chi connectivity index (χ0) is 12.1. The van der Waals surface area contributed by atoms with Gasteiger partial charge in [0.05, 0.1) is 5.02 Å². The van der Waals surface area contributed by atoms with Crippen molar-refractivity contribution in [1.29, 1.82) is 0 Å². The van der Waals surface area contributed by atoms with Crippen molar-refractivity contribution < 1.29 is 14.1 Å². The summed E-state index contributed by atoms with van der Waals surface area (Å²) in [7, 11) is -0.890. The first kappa shape index (κ1) is 12.9. The van der Waals surface area contributed by atoms with E-state index in [1.54, 1.807) is 12.3 Å². The summed E-state index contributed by atoms with van der Waals surface area (Å²) in [6.07, 6.45) is 1.60. The van der Waals surface area contributed by atoms with Crippen molar-refractivity contribution in [1.82, 2.24) is 4.98 Å². The minimum atomic E-state index is -1.17. The molecular formula is C9H11ClN2O3S. The lowest BCUT2D eigenvalue weighted by Gasteiger charge is -2.05. The fraction of sp³-hybridized carbons (Fsp3) is 0.333. The van der Waals surface area contributed by atoms with Gasteiger partial charge < -0.3 is 10.4 Å². The van der Waals surface area contributed by atoms with E-state index < -0.39 is 16.8 Å². The van der Waals surface area contributed by atoms with Crippen molar-refractivity contribution in [3.05, 3.63) is 22.8 Å². The van der Waals surface area contributed by atoms with E-state index in [4.69, 9.17) is 16.7 Å². The van der Waals surface area contributed by atoms with Crippen LogP contribution in [-0.2, 0) is 10.8 Å². The molecule has 1 heterocycles. The number of aromatic carboxylic acids is 1. The van der Waals surface area contributed by atoms with Crippen LogP contribution in [0.25, 0.3) is 0 Å². The Bertz CT molecular complexity index is 425. The summed E-state index contributed by atoms with van der Waals surface area (Å²) in [5.41, 5.74) is -0.190. The average Bonchev–Trinajstić information content (AvgIpc) is 2.19. The molecule has 0 saturated heterocycles. The second-order valence-corrected chi connectivity index (χ2v) is 5.00. The highest BCUT2D eigenvalue weighted by Gasteiger charge is 2.11. The number of aromatic nitrogens is 1. The van der Waals surface area contributed by atoms with Gasteiger partial charge in [-0.1, -0.05) is 11.6 Å². The van der Waals surface area contributed by atoms with Gasteiger partial charge in [0, 0.05) is 29.4 Å². The highest BCUT2D eigenvalue weighted by atomic mass is 35.5. The predicted molar refractivity (Wildman–Crippen MR) is 63.6 cm³/mol. The van der Waals surface area contributed by atoms with E-state index in [2.05, 4.69) is 10.3 Å². The maximum absolute atomic E-state index is 10.8. The van der Waals surface area contributed by atoms with Gasteiger partial charge in [0.2, 0.25) is 0 Å². The predicted octanol–water partition coefficient (Wildman–Crippen LogP) is 1.22. The molecule has 0 aliphatic rings. The number of hydrogen-bond acceptors (Lipinski definition) is 4. The van der Waals surface area contributed by atoms with Crippen LogP contribution in [0.15, 0.2) is 12.1 Å². The molecule has 88 valence electrons. The van der Waals surface area contributed by atoms with E-state index in [0.717, 1.165) is 0 Å². The molecule has 0 aliphatic heterocycles. The zero-order valence-electron chi connectivity index (χ0n) is 8.57. The van der Waals surface area contributed by atoms with Gasteiger partial charge in [-0.3, -0.25) is 4.21 Å². The summed E-state index contributed by atoms with van der Waals surface area (Å²) in [6.45, 7) is 0.469. The van der Waals surface area contributed by atoms with E-state index >= 15 is 0 Å². The summed E-state index contributed by atoms with van der Waals surface area (Å²) in [4.78, 5) is 14.6. The lowest BCUT2D eigenvalue weighted by molar-refractivity contribution is 0.0691. The van der Waals surface area contributed by atoms with Crippen LogP contribution >= 0.6 is 11.6 Å². The van der Waals surface area contributed by atoms with Crippen molar-refractivity contribution in [2.24, 2.45) is 0 Å². The number of carbonyl (C=O) groups is 1. The summed E-state index contributed by atoms with van der Waals surface area (Å²) in [5.74, 6) is -0.285. The van der Waals surface area contributed by atoms with Crippen LogP contribution in [0.1, 0.15) is 10.5 Å². The largest absolute Gasteiger partial charge is 0.476 e. The normalized spacial score (nSPS) is 12.1. The quantitative estimate of drug-likeness (QED) is 0.834. The van der Waals surface area contributed by atoms with Gasteiger partial charge in [0.1, 0.15) is 5.82 Å². The Morgan fingerprint density at radius 3 is 2.88 bits per heavy atom. The lowest BCUT2D eigenvalue weighted by atomic mass is 10.3. The summed E-state index contributed by atoms with van der Waals surface area (Å²) >= 11 is 5.66. The second kappa shape index (κ2) is 5.81. The fourth-order valence-corrected chi connectivity index (χ4v) is 1.59. The standard InChI is InChI=1S/C9H11ClN2O3S/c1-16(15)5-4-11-7-3-2-6(10)8(12-7)9(13)14/h2-3H,4-5H2,1H3,(H,11,12)(H,13,14). The average molecular weight is 263 g/mol. The minimum absolute atomic E-state index is 0.0946. The van der Waals surface area contributed by atoms with Crippen molar-refractivity contribution in [2.75, 3.05) is 23.9 Å². The maximum atomic E-state index is 10.8. The first-order valence-electron chi connectivity index (χ1n) is 4.44. The van der Waals surface area contributed by atoms with Gasteiger partial charge >= 0.3 is 5.97 Å². The number of hydrogen-bond donors (Lipinski definition) is 2. The molecule has 0 bridgehead atoms. The molecule has 1 aromatic rings. The molecule has 2 N–H and O–H groups in total. The van der Waals surface area contributed by atoms with Crippen molar-refractivity contribution >= 4 is 34.2 Å². The first-order chi connectivity index (χ1) is 7.50. The Balaban J connectivity index is 2.71. The number of carboxylic acids is 1.